The summed E-state index contributed by atoms with van der Waals surface area (Å²) in [4.78, 5) is 0. The first-order valence-corrected chi connectivity index (χ1v) is 11.6. The molecule has 1 heterocycles. The molecule has 33 heavy (non-hydrogen) atoms. The fourth-order valence-corrected chi connectivity index (χ4v) is 4.31. The highest BCUT2D eigenvalue weighted by atomic mass is 15.3. The molecule has 0 N–H and O–H groups in total. The quantitative estimate of drug-likeness (QED) is 0.335. The van der Waals surface area contributed by atoms with E-state index in [1.807, 2.05) is 6.07 Å². The van der Waals surface area contributed by atoms with Gasteiger partial charge < -0.3 is 0 Å². The largest absolute Gasteiger partial charge is 0.275 e. The average molecular weight is 432 g/mol. The van der Waals surface area contributed by atoms with Gasteiger partial charge in [-0.25, -0.2) is 0 Å². The number of rotatable bonds is 4. The van der Waals surface area contributed by atoms with Crippen LogP contribution in [0.25, 0.3) is 28.5 Å². The van der Waals surface area contributed by atoms with Crippen LogP contribution in [0.5, 0.6) is 0 Å². The molecule has 1 aromatic heterocycles. The maximum absolute atomic E-state index is 4.64. The lowest BCUT2D eigenvalue weighted by Gasteiger charge is -2.19. The smallest absolute Gasteiger partial charge is 0.168 e. The first kappa shape index (κ1) is 21.1. The fourth-order valence-electron chi connectivity index (χ4n) is 4.31. The van der Waals surface area contributed by atoms with E-state index in [0.29, 0.717) is 5.92 Å². The molecule has 0 fully saturated rings. The van der Waals surface area contributed by atoms with Crippen molar-refractivity contribution >= 4 is 0 Å². The Hall–Kier alpha value is -3.72. The van der Waals surface area contributed by atoms with Crippen molar-refractivity contribution in [2.24, 2.45) is 0 Å². The van der Waals surface area contributed by atoms with Crippen LogP contribution in [0.4, 0.5) is 0 Å². The first-order valence-electron chi connectivity index (χ1n) is 11.6. The molecule has 3 heteroatoms. The van der Waals surface area contributed by atoms with E-state index in [-0.39, 0.29) is 5.41 Å². The number of nitrogens with zero attached hydrogens (tertiary/aromatic N) is 3. The van der Waals surface area contributed by atoms with Crippen molar-refractivity contribution in [3.8, 4) is 28.5 Å². The minimum atomic E-state index is 0.113. The van der Waals surface area contributed by atoms with Crippen molar-refractivity contribution in [1.82, 2.24) is 14.8 Å². The third-order valence-corrected chi connectivity index (χ3v) is 6.26. The highest BCUT2D eigenvalue weighted by Crippen LogP contribution is 2.32. The Morgan fingerprint density at radius 2 is 1.33 bits per heavy atom. The topological polar surface area (TPSA) is 30.7 Å². The summed E-state index contributed by atoms with van der Waals surface area (Å²) in [6, 6.07) is 27.8. The predicted octanol–water partition coefficient (Wildman–Crippen LogP) is 7.50. The second-order valence-corrected chi connectivity index (χ2v) is 9.62. The number of para-hydroxylation sites is 1. The summed E-state index contributed by atoms with van der Waals surface area (Å²) in [6.07, 6.45) is 9.78. The molecule has 1 aliphatic carbocycles. The molecule has 0 saturated carbocycles. The second kappa shape index (κ2) is 8.67. The van der Waals surface area contributed by atoms with Crippen LogP contribution in [0, 0.1) is 0 Å². The SMILES string of the molecule is CC(C)(C)c1ccc(-c2nnc(-c3ccc(C4C=CC=CC4)cc3)n2-c2ccccc2)cc1. The molecule has 164 valence electrons. The first-order chi connectivity index (χ1) is 16.0. The highest BCUT2D eigenvalue weighted by molar-refractivity contribution is 5.67. The summed E-state index contributed by atoms with van der Waals surface area (Å²) in [7, 11) is 0. The summed E-state index contributed by atoms with van der Waals surface area (Å²) < 4.78 is 2.16. The van der Waals surface area contributed by atoms with Gasteiger partial charge in [-0.3, -0.25) is 4.57 Å². The van der Waals surface area contributed by atoms with Crippen LogP contribution in [-0.2, 0) is 5.41 Å². The maximum atomic E-state index is 4.64. The van der Waals surface area contributed by atoms with Gasteiger partial charge >= 0.3 is 0 Å². The van der Waals surface area contributed by atoms with E-state index in [2.05, 4.69) is 133 Å². The lowest BCUT2D eigenvalue weighted by atomic mass is 9.86. The lowest BCUT2D eigenvalue weighted by molar-refractivity contribution is 0.590. The Labute approximate surface area is 196 Å². The van der Waals surface area contributed by atoms with Crippen LogP contribution in [0.1, 0.15) is 44.2 Å². The number of hydrogen-bond donors (Lipinski definition) is 0. The van der Waals surface area contributed by atoms with Gasteiger partial charge in [0, 0.05) is 22.7 Å². The number of benzene rings is 3. The molecule has 5 rings (SSSR count). The summed E-state index contributed by atoms with van der Waals surface area (Å²) in [5.41, 5.74) is 5.91. The zero-order chi connectivity index (χ0) is 22.8. The molecule has 1 atom stereocenters. The number of aromatic nitrogens is 3. The van der Waals surface area contributed by atoms with E-state index < -0.39 is 0 Å². The van der Waals surface area contributed by atoms with Crippen LogP contribution >= 0.6 is 0 Å². The monoisotopic (exact) mass is 431 g/mol. The van der Waals surface area contributed by atoms with E-state index in [9.17, 15) is 0 Å². The highest BCUT2D eigenvalue weighted by Gasteiger charge is 2.19. The fraction of sp³-hybridized carbons (Fsp3) is 0.200. The standard InChI is InChI=1S/C30H29N3/c1-30(2,3)26-20-18-25(19-21-26)29-32-31-28(33(29)27-12-8-5-9-13-27)24-16-14-23(15-17-24)22-10-6-4-7-11-22/h4-10,12-22H,11H2,1-3H3. The molecule has 4 aromatic rings. The minimum Gasteiger partial charge on any atom is -0.275 e. The van der Waals surface area contributed by atoms with Crippen molar-refractivity contribution in [2.75, 3.05) is 0 Å². The van der Waals surface area contributed by atoms with Crippen molar-refractivity contribution < 1.29 is 0 Å². The van der Waals surface area contributed by atoms with Gasteiger partial charge in [-0.2, -0.15) is 0 Å². The van der Waals surface area contributed by atoms with Crippen LogP contribution < -0.4 is 0 Å². The van der Waals surface area contributed by atoms with Crippen molar-refractivity contribution in [3.05, 3.63) is 114 Å². The molecule has 1 aliphatic rings. The maximum Gasteiger partial charge on any atom is 0.168 e. The Bertz CT molecular complexity index is 1290. The van der Waals surface area contributed by atoms with E-state index >= 15 is 0 Å². The van der Waals surface area contributed by atoms with Crippen LogP contribution in [0.15, 0.2) is 103 Å². The normalized spacial score (nSPS) is 15.7. The molecule has 0 saturated heterocycles. The zero-order valence-electron chi connectivity index (χ0n) is 19.4. The summed E-state index contributed by atoms with van der Waals surface area (Å²) in [6.45, 7) is 6.70. The van der Waals surface area contributed by atoms with Gasteiger partial charge in [0.1, 0.15) is 0 Å². The van der Waals surface area contributed by atoms with Gasteiger partial charge in [0.05, 0.1) is 0 Å². The van der Waals surface area contributed by atoms with E-state index in [1.165, 1.54) is 11.1 Å². The van der Waals surface area contributed by atoms with Gasteiger partial charge in [-0.1, -0.05) is 112 Å². The van der Waals surface area contributed by atoms with Gasteiger partial charge in [0.25, 0.3) is 0 Å². The molecule has 0 aliphatic heterocycles. The summed E-state index contributed by atoms with van der Waals surface area (Å²) >= 11 is 0. The van der Waals surface area contributed by atoms with Crippen LogP contribution in [0.2, 0.25) is 0 Å². The summed E-state index contributed by atoms with van der Waals surface area (Å²) in [5.74, 6) is 2.13. The van der Waals surface area contributed by atoms with E-state index in [0.717, 1.165) is 34.9 Å². The Kier molecular flexibility index (Phi) is 5.55. The van der Waals surface area contributed by atoms with Crippen molar-refractivity contribution in [2.45, 2.75) is 38.5 Å². The molecule has 0 radical (unpaired) electrons. The van der Waals surface area contributed by atoms with Crippen molar-refractivity contribution in [3.63, 3.8) is 0 Å². The molecule has 0 amide bonds. The molecular weight excluding hydrogens is 402 g/mol. The van der Waals surface area contributed by atoms with E-state index in [1.54, 1.807) is 0 Å². The summed E-state index contributed by atoms with van der Waals surface area (Å²) in [5, 5.41) is 9.28. The Morgan fingerprint density at radius 1 is 0.727 bits per heavy atom. The molecule has 1 unspecified atom stereocenters. The number of allylic oxidation sites excluding steroid dienone is 4. The molecular formula is C30H29N3. The van der Waals surface area contributed by atoms with Crippen LogP contribution in [0.3, 0.4) is 0 Å². The van der Waals surface area contributed by atoms with Gasteiger partial charge in [-0.05, 0) is 35.1 Å². The van der Waals surface area contributed by atoms with Gasteiger partial charge in [0.15, 0.2) is 11.6 Å². The Morgan fingerprint density at radius 3 is 1.88 bits per heavy atom. The van der Waals surface area contributed by atoms with E-state index in [4.69, 9.17) is 0 Å². The Balaban J connectivity index is 1.57. The van der Waals surface area contributed by atoms with Gasteiger partial charge in [-0.15, -0.1) is 10.2 Å². The molecule has 0 bridgehead atoms. The average Bonchev–Trinajstić information content (AvgIpc) is 3.30. The molecule has 3 nitrogen and oxygen atoms in total. The lowest BCUT2D eigenvalue weighted by Crippen LogP contribution is -2.10. The third kappa shape index (κ3) is 4.31. The number of hydrogen-bond acceptors (Lipinski definition) is 2. The zero-order valence-corrected chi connectivity index (χ0v) is 19.4. The van der Waals surface area contributed by atoms with Gasteiger partial charge in [0.2, 0.25) is 0 Å². The molecule has 0 spiro atoms. The molecule has 3 aromatic carbocycles. The van der Waals surface area contributed by atoms with Crippen LogP contribution in [-0.4, -0.2) is 14.8 Å². The predicted molar refractivity (Wildman–Crippen MR) is 137 cm³/mol. The third-order valence-electron chi connectivity index (χ3n) is 6.26. The van der Waals surface area contributed by atoms with Crippen molar-refractivity contribution in [1.29, 1.82) is 0 Å². The minimum absolute atomic E-state index is 0.113. The second-order valence-electron chi connectivity index (χ2n) is 9.62.